The fraction of sp³-hybridized carbons (Fsp3) is 0.357. The third kappa shape index (κ3) is 4.03. The lowest BCUT2D eigenvalue weighted by Crippen LogP contribution is -2.07. The van der Waals surface area contributed by atoms with Crippen molar-refractivity contribution in [2.75, 3.05) is 31.4 Å². The maximum absolute atomic E-state index is 5.34. The number of hydrogen-bond acceptors (Lipinski definition) is 7. The van der Waals surface area contributed by atoms with Crippen LogP contribution in [0.4, 0.5) is 17.6 Å². The van der Waals surface area contributed by atoms with E-state index in [1.54, 1.807) is 14.2 Å². The van der Waals surface area contributed by atoms with Gasteiger partial charge in [-0.05, 0) is 13.0 Å². The number of nitrogens with zero attached hydrogens (tertiary/aromatic N) is 3. The number of benzene rings is 1. The summed E-state index contributed by atoms with van der Waals surface area (Å²) in [7, 11) is 3.40. The van der Waals surface area contributed by atoms with Gasteiger partial charge in [-0.2, -0.15) is 15.0 Å². The molecule has 0 amide bonds. The molecule has 21 heavy (non-hydrogen) atoms. The van der Waals surface area contributed by atoms with Crippen LogP contribution in [0.15, 0.2) is 24.3 Å². The third-order valence-corrected chi connectivity index (χ3v) is 2.68. The summed E-state index contributed by atoms with van der Waals surface area (Å²) in [6, 6.07) is 8.10. The van der Waals surface area contributed by atoms with E-state index in [0.717, 1.165) is 11.3 Å². The van der Waals surface area contributed by atoms with Crippen LogP contribution in [-0.4, -0.2) is 35.7 Å². The minimum Gasteiger partial charge on any atom is -0.464 e. The number of nitrogens with one attached hydrogen (secondary N) is 2. The molecular formula is C14H19N5O2. The van der Waals surface area contributed by atoms with E-state index in [1.165, 1.54) is 0 Å². The Labute approximate surface area is 123 Å². The molecule has 7 nitrogen and oxygen atoms in total. The quantitative estimate of drug-likeness (QED) is 0.808. The summed E-state index contributed by atoms with van der Waals surface area (Å²) in [6.07, 6.45) is 0. The van der Waals surface area contributed by atoms with E-state index < -0.39 is 0 Å². The Bertz CT molecular complexity index is 591. The molecule has 1 aromatic carbocycles. The van der Waals surface area contributed by atoms with Crippen LogP contribution >= 0.6 is 0 Å². The average Bonchev–Trinajstić information content (AvgIpc) is 2.49. The van der Waals surface area contributed by atoms with Crippen LogP contribution in [0.3, 0.4) is 0 Å². The van der Waals surface area contributed by atoms with Crippen LogP contribution in [0, 0.1) is 0 Å². The summed E-state index contributed by atoms with van der Waals surface area (Å²) in [4.78, 5) is 12.6. The van der Waals surface area contributed by atoms with Crippen molar-refractivity contribution in [1.29, 1.82) is 0 Å². The monoisotopic (exact) mass is 289 g/mol. The zero-order valence-corrected chi connectivity index (χ0v) is 12.4. The van der Waals surface area contributed by atoms with Crippen LogP contribution < -0.4 is 15.4 Å². The molecule has 0 fully saturated rings. The number of ether oxygens (including phenoxy) is 2. The Balaban J connectivity index is 2.28. The molecule has 0 saturated carbocycles. The summed E-state index contributed by atoms with van der Waals surface area (Å²) >= 11 is 0. The number of aromatic nitrogens is 3. The van der Waals surface area contributed by atoms with E-state index in [4.69, 9.17) is 9.47 Å². The standard InChI is InChI=1S/C14H19N5O2/c1-4-21-14-18-12(15-2)17-13(19-14)16-11-8-6-5-7-10(11)9-20-3/h5-8H,4,9H2,1-3H3,(H2,15,16,17,18,19). The van der Waals surface area contributed by atoms with Gasteiger partial charge in [0.25, 0.3) is 0 Å². The highest BCUT2D eigenvalue weighted by atomic mass is 16.5. The molecular weight excluding hydrogens is 270 g/mol. The highest BCUT2D eigenvalue weighted by molar-refractivity contribution is 5.59. The van der Waals surface area contributed by atoms with E-state index >= 15 is 0 Å². The molecule has 0 spiro atoms. The molecule has 0 atom stereocenters. The molecule has 0 radical (unpaired) electrons. The predicted molar refractivity (Wildman–Crippen MR) is 81.0 cm³/mol. The summed E-state index contributed by atoms with van der Waals surface area (Å²) in [5.41, 5.74) is 1.90. The van der Waals surface area contributed by atoms with Crippen LogP contribution in [0.2, 0.25) is 0 Å². The zero-order valence-electron chi connectivity index (χ0n) is 12.4. The molecule has 0 aliphatic heterocycles. The number of para-hydroxylation sites is 1. The molecule has 0 unspecified atom stereocenters. The number of rotatable bonds is 7. The molecule has 1 heterocycles. The van der Waals surface area contributed by atoms with Crippen molar-refractivity contribution in [3.05, 3.63) is 29.8 Å². The van der Waals surface area contributed by atoms with E-state index in [9.17, 15) is 0 Å². The zero-order chi connectivity index (χ0) is 15.1. The maximum atomic E-state index is 5.34. The first-order valence-corrected chi connectivity index (χ1v) is 6.67. The van der Waals surface area contributed by atoms with Gasteiger partial charge >= 0.3 is 6.01 Å². The Hall–Kier alpha value is -2.41. The summed E-state index contributed by atoms with van der Waals surface area (Å²) in [5, 5.41) is 6.05. The minimum atomic E-state index is 0.281. The van der Waals surface area contributed by atoms with Gasteiger partial charge in [0.15, 0.2) is 0 Å². The van der Waals surface area contributed by atoms with Crippen LogP contribution in [-0.2, 0) is 11.3 Å². The van der Waals surface area contributed by atoms with Crippen molar-refractivity contribution in [3.8, 4) is 6.01 Å². The Morgan fingerprint density at radius 3 is 2.57 bits per heavy atom. The van der Waals surface area contributed by atoms with E-state index in [-0.39, 0.29) is 6.01 Å². The highest BCUT2D eigenvalue weighted by Crippen LogP contribution is 2.21. The van der Waals surface area contributed by atoms with Crippen molar-refractivity contribution in [2.45, 2.75) is 13.5 Å². The molecule has 0 aliphatic carbocycles. The van der Waals surface area contributed by atoms with Gasteiger partial charge in [-0.25, -0.2) is 0 Å². The summed E-state index contributed by atoms with van der Waals surface area (Å²) in [6.45, 7) is 2.88. The van der Waals surface area contributed by atoms with Gasteiger partial charge in [0.2, 0.25) is 11.9 Å². The Kier molecular flexibility index (Phi) is 5.28. The lowest BCUT2D eigenvalue weighted by molar-refractivity contribution is 0.185. The molecule has 0 bridgehead atoms. The SMILES string of the molecule is CCOc1nc(NC)nc(Nc2ccccc2COC)n1. The number of anilines is 3. The van der Waals surface area contributed by atoms with Gasteiger partial charge in [-0.3, -0.25) is 0 Å². The number of hydrogen-bond donors (Lipinski definition) is 2. The first-order chi connectivity index (χ1) is 10.3. The van der Waals surface area contributed by atoms with Gasteiger partial charge in [-0.1, -0.05) is 18.2 Å². The minimum absolute atomic E-state index is 0.281. The second kappa shape index (κ2) is 7.39. The molecule has 2 rings (SSSR count). The van der Waals surface area contributed by atoms with Crippen molar-refractivity contribution in [1.82, 2.24) is 15.0 Å². The molecule has 112 valence electrons. The maximum Gasteiger partial charge on any atom is 0.323 e. The highest BCUT2D eigenvalue weighted by Gasteiger charge is 2.08. The van der Waals surface area contributed by atoms with Gasteiger partial charge in [0, 0.05) is 25.4 Å². The summed E-state index contributed by atoms with van der Waals surface area (Å²) < 4.78 is 10.5. The van der Waals surface area contributed by atoms with E-state index in [1.807, 2.05) is 31.2 Å². The van der Waals surface area contributed by atoms with Crippen LogP contribution in [0.1, 0.15) is 12.5 Å². The van der Waals surface area contributed by atoms with Crippen molar-refractivity contribution in [3.63, 3.8) is 0 Å². The molecule has 0 aliphatic rings. The molecule has 0 saturated heterocycles. The lowest BCUT2D eigenvalue weighted by atomic mass is 10.2. The van der Waals surface area contributed by atoms with E-state index in [2.05, 4.69) is 25.6 Å². The van der Waals surface area contributed by atoms with Crippen molar-refractivity contribution >= 4 is 17.6 Å². The topological polar surface area (TPSA) is 81.2 Å². The van der Waals surface area contributed by atoms with Crippen LogP contribution in [0.25, 0.3) is 0 Å². The first-order valence-electron chi connectivity index (χ1n) is 6.67. The fourth-order valence-corrected chi connectivity index (χ4v) is 1.76. The number of methoxy groups -OCH3 is 1. The second-order valence-electron chi connectivity index (χ2n) is 4.16. The summed E-state index contributed by atoms with van der Waals surface area (Å²) in [5.74, 6) is 0.863. The third-order valence-electron chi connectivity index (χ3n) is 2.68. The smallest absolute Gasteiger partial charge is 0.323 e. The van der Waals surface area contributed by atoms with Crippen molar-refractivity contribution in [2.24, 2.45) is 0 Å². The Morgan fingerprint density at radius 1 is 1.10 bits per heavy atom. The second-order valence-corrected chi connectivity index (χ2v) is 4.16. The lowest BCUT2D eigenvalue weighted by Gasteiger charge is -2.11. The van der Waals surface area contributed by atoms with Gasteiger partial charge < -0.3 is 20.1 Å². The molecule has 1 aromatic heterocycles. The fourth-order valence-electron chi connectivity index (χ4n) is 1.76. The molecule has 2 N–H and O–H groups in total. The largest absolute Gasteiger partial charge is 0.464 e. The molecule has 2 aromatic rings. The van der Waals surface area contributed by atoms with Gasteiger partial charge in [0.1, 0.15) is 0 Å². The average molecular weight is 289 g/mol. The van der Waals surface area contributed by atoms with Gasteiger partial charge in [-0.15, -0.1) is 0 Å². The molecule has 7 heteroatoms. The van der Waals surface area contributed by atoms with Gasteiger partial charge in [0.05, 0.1) is 13.2 Å². The Morgan fingerprint density at radius 2 is 1.86 bits per heavy atom. The predicted octanol–water partition coefficient (Wildman–Crippen LogP) is 2.20. The normalized spacial score (nSPS) is 10.2. The van der Waals surface area contributed by atoms with E-state index in [0.29, 0.717) is 25.1 Å². The first kappa shape index (κ1) is 15.0. The van der Waals surface area contributed by atoms with Crippen molar-refractivity contribution < 1.29 is 9.47 Å². The van der Waals surface area contributed by atoms with Crippen LogP contribution in [0.5, 0.6) is 6.01 Å².